The summed E-state index contributed by atoms with van der Waals surface area (Å²) < 4.78 is 90.2. The van der Waals surface area contributed by atoms with Crippen molar-refractivity contribution in [3.63, 3.8) is 0 Å². The molecule has 286 valence electrons. The fourth-order valence-corrected chi connectivity index (χ4v) is 6.33. The van der Waals surface area contributed by atoms with Crippen LogP contribution in [0.25, 0.3) is 44.6 Å². The number of ether oxygens (including phenoxy) is 1. The summed E-state index contributed by atoms with van der Waals surface area (Å²) in [5, 5.41) is 8.55. The maximum Gasteiger partial charge on any atom is 0.417 e. The molecule has 54 heavy (non-hydrogen) atoms. The Kier molecular flexibility index (Phi) is 11.6. The number of aryl methyl sites for hydroxylation is 2. The largest absolute Gasteiger partial charge is 0.417 e. The van der Waals surface area contributed by atoms with Gasteiger partial charge in [-0.3, -0.25) is 14.3 Å². The standard InChI is InChI=1S/C21H23F3N4O.C18H19F3N4/c1-2-6-28-14-17-18(21(22,23)24)12-19(25-20(17)26-28)16-5-3-4-15(11-16)13-27-7-9-29-10-8-27;1-4-8-25-11-14-15(18(19,20)21)10-16(22-17(14)23-25)12-6-5-7-13(9-12)24(2)3/h3-5,11-12,14H,2,6-10,13H2,1H3;5-7,9-11H,4,8H2,1-3H3. The van der Waals surface area contributed by atoms with Crippen LogP contribution in [0, 0.1) is 0 Å². The number of rotatable bonds is 9. The number of benzene rings is 2. The summed E-state index contributed by atoms with van der Waals surface area (Å²) in [6.45, 7) is 8.84. The predicted molar refractivity (Wildman–Crippen MR) is 197 cm³/mol. The normalized spacial score (nSPS) is 14.0. The zero-order valence-corrected chi connectivity index (χ0v) is 30.5. The van der Waals surface area contributed by atoms with Crippen LogP contribution in [0.1, 0.15) is 43.4 Å². The van der Waals surface area contributed by atoms with Crippen LogP contribution in [0.5, 0.6) is 0 Å². The molecule has 1 aliphatic heterocycles. The zero-order valence-electron chi connectivity index (χ0n) is 30.5. The van der Waals surface area contributed by atoms with E-state index in [1.54, 1.807) is 18.2 Å². The van der Waals surface area contributed by atoms with E-state index in [4.69, 9.17) is 4.74 Å². The van der Waals surface area contributed by atoms with Gasteiger partial charge in [0.2, 0.25) is 0 Å². The highest BCUT2D eigenvalue weighted by Gasteiger charge is 2.35. The number of fused-ring (bicyclic) bond motifs is 2. The Hall–Kier alpha value is -5.02. The van der Waals surface area contributed by atoms with E-state index >= 15 is 0 Å². The van der Waals surface area contributed by atoms with Gasteiger partial charge in [-0.1, -0.05) is 44.2 Å². The summed E-state index contributed by atoms with van der Waals surface area (Å²) in [7, 11) is 3.76. The molecular formula is C39H42F6N8O. The number of hydrogen-bond acceptors (Lipinski definition) is 7. The van der Waals surface area contributed by atoms with Gasteiger partial charge in [0, 0.05) is 76.0 Å². The van der Waals surface area contributed by atoms with Gasteiger partial charge in [-0.25, -0.2) is 9.97 Å². The van der Waals surface area contributed by atoms with Gasteiger partial charge in [-0.05, 0) is 48.7 Å². The van der Waals surface area contributed by atoms with Crippen molar-refractivity contribution in [3.8, 4) is 22.5 Å². The minimum Gasteiger partial charge on any atom is -0.379 e. The molecule has 6 aromatic rings. The molecule has 0 saturated carbocycles. The number of pyridine rings is 2. The molecule has 1 aliphatic rings. The molecule has 7 rings (SSSR count). The molecule has 4 aromatic heterocycles. The number of nitrogens with zero attached hydrogens (tertiary/aromatic N) is 8. The van der Waals surface area contributed by atoms with Crippen LogP contribution in [0.4, 0.5) is 32.0 Å². The van der Waals surface area contributed by atoms with Gasteiger partial charge < -0.3 is 9.64 Å². The van der Waals surface area contributed by atoms with Crippen LogP contribution in [0.15, 0.2) is 73.1 Å². The minimum absolute atomic E-state index is 0.0356. The predicted octanol–water partition coefficient (Wildman–Crippen LogP) is 8.95. The fourth-order valence-electron chi connectivity index (χ4n) is 6.33. The quantitative estimate of drug-likeness (QED) is 0.137. The van der Waals surface area contributed by atoms with Crippen molar-refractivity contribution >= 4 is 27.8 Å². The number of halogens is 6. The van der Waals surface area contributed by atoms with E-state index in [0.717, 1.165) is 55.9 Å². The summed E-state index contributed by atoms with van der Waals surface area (Å²) in [4.78, 5) is 13.0. The number of aromatic nitrogens is 6. The van der Waals surface area contributed by atoms with E-state index in [1.807, 2.05) is 63.2 Å². The van der Waals surface area contributed by atoms with E-state index in [9.17, 15) is 26.3 Å². The van der Waals surface area contributed by atoms with Crippen molar-refractivity contribution in [1.82, 2.24) is 34.4 Å². The van der Waals surface area contributed by atoms with Crippen LogP contribution in [0.3, 0.4) is 0 Å². The number of morpholine rings is 1. The average molecular weight is 753 g/mol. The van der Waals surface area contributed by atoms with Crippen LogP contribution in [-0.2, 0) is 36.7 Å². The van der Waals surface area contributed by atoms with E-state index < -0.39 is 23.5 Å². The molecular weight excluding hydrogens is 710 g/mol. The van der Waals surface area contributed by atoms with Crippen molar-refractivity contribution in [2.45, 2.75) is 58.7 Å². The van der Waals surface area contributed by atoms with Gasteiger partial charge >= 0.3 is 12.4 Å². The van der Waals surface area contributed by atoms with Crippen molar-refractivity contribution in [2.24, 2.45) is 0 Å². The van der Waals surface area contributed by atoms with Gasteiger partial charge in [0.05, 0.1) is 46.5 Å². The van der Waals surface area contributed by atoms with Crippen LogP contribution >= 0.6 is 0 Å². The van der Waals surface area contributed by atoms with Crippen LogP contribution in [0.2, 0.25) is 0 Å². The Labute approximate surface area is 309 Å². The van der Waals surface area contributed by atoms with Gasteiger partial charge in [-0.2, -0.15) is 36.5 Å². The number of anilines is 1. The topological polar surface area (TPSA) is 77.1 Å². The highest BCUT2D eigenvalue weighted by molar-refractivity contribution is 5.84. The lowest BCUT2D eigenvalue weighted by Crippen LogP contribution is -2.35. The first-order chi connectivity index (χ1) is 25.7. The molecule has 0 aliphatic carbocycles. The molecule has 0 unspecified atom stereocenters. The Morgan fingerprint density at radius 1 is 0.685 bits per heavy atom. The summed E-state index contributed by atoms with van der Waals surface area (Å²) in [6, 6.07) is 17.1. The van der Waals surface area contributed by atoms with Crippen LogP contribution in [-0.4, -0.2) is 74.8 Å². The molecule has 0 bridgehead atoms. The Morgan fingerprint density at radius 2 is 1.19 bits per heavy atom. The Bertz CT molecular complexity index is 2200. The second kappa shape index (κ2) is 16.1. The van der Waals surface area contributed by atoms with E-state index in [1.165, 1.54) is 21.8 Å². The minimum atomic E-state index is -4.47. The molecule has 0 atom stereocenters. The van der Waals surface area contributed by atoms with Gasteiger partial charge in [0.15, 0.2) is 11.3 Å². The van der Waals surface area contributed by atoms with Crippen molar-refractivity contribution < 1.29 is 31.1 Å². The number of alkyl halides is 6. The first-order valence-electron chi connectivity index (χ1n) is 17.8. The number of hydrogen-bond donors (Lipinski definition) is 0. The third kappa shape index (κ3) is 9.01. The van der Waals surface area contributed by atoms with E-state index in [0.29, 0.717) is 37.4 Å². The average Bonchev–Trinajstić information content (AvgIpc) is 3.74. The second-order valence-corrected chi connectivity index (χ2v) is 13.4. The molecule has 2 aromatic carbocycles. The summed E-state index contributed by atoms with van der Waals surface area (Å²) in [5.74, 6) is 0. The summed E-state index contributed by atoms with van der Waals surface area (Å²) in [5.41, 5.74) is 2.62. The highest BCUT2D eigenvalue weighted by Crippen LogP contribution is 2.38. The third-order valence-corrected chi connectivity index (χ3v) is 8.99. The Balaban J connectivity index is 0.000000186. The molecule has 1 fully saturated rings. The Morgan fingerprint density at radius 3 is 1.67 bits per heavy atom. The lowest BCUT2D eigenvalue weighted by atomic mass is 10.0. The smallest absolute Gasteiger partial charge is 0.379 e. The lowest BCUT2D eigenvalue weighted by molar-refractivity contribution is -0.137. The highest BCUT2D eigenvalue weighted by atomic mass is 19.4. The second-order valence-electron chi connectivity index (χ2n) is 13.4. The SMILES string of the molecule is CCCn1cc2c(C(F)(F)F)cc(-c3cccc(CN4CCOCC4)c3)nc2n1.CCCn1cc2c(C(F)(F)F)cc(-c3cccc(N(C)C)c3)nc2n1. The van der Waals surface area contributed by atoms with E-state index in [-0.39, 0.29) is 33.5 Å². The molecule has 0 amide bonds. The summed E-state index contributed by atoms with van der Waals surface area (Å²) >= 11 is 0. The molecule has 5 heterocycles. The molecule has 0 radical (unpaired) electrons. The first-order valence-corrected chi connectivity index (χ1v) is 17.8. The van der Waals surface area contributed by atoms with Crippen molar-refractivity contribution in [2.75, 3.05) is 45.3 Å². The van der Waals surface area contributed by atoms with Crippen LogP contribution < -0.4 is 4.90 Å². The summed E-state index contributed by atoms with van der Waals surface area (Å²) in [6.07, 6.45) is -4.50. The zero-order chi connectivity index (χ0) is 38.6. The van der Waals surface area contributed by atoms with Crippen molar-refractivity contribution in [1.29, 1.82) is 0 Å². The van der Waals surface area contributed by atoms with E-state index in [2.05, 4.69) is 25.1 Å². The van der Waals surface area contributed by atoms with Gasteiger partial charge in [-0.15, -0.1) is 0 Å². The van der Waals surface area contributed by atoms with Gasteiger partial charge in [0.25, 0.3) is 0 Å². The lowest BCUT2D eigenvalue weighted by Gasteiger charge is -2.26. The fraction of sp³-hybridized carbons (Fsp3) is 0.385. The maximum absolute atomic E-state index is 13.7. The first kappa shape index (κ1) is 38.7. The third-order valence-electron chi connectivity index (χ3n) is 8.99. The molecule has 15 heteroatoms. The molecule has 9 nitrogen and oxygen atoms in total. The monoisotopic (exact) mass is 752 g/mol. The van der Waals surface area contributed by atoms with Gasteiger partial charge in [0.1, 0.15) is 0 Å². The maximum atomic E-state index is 13.7. The molecule has 1 saturated heterocycles. The molecule has 0 N–H and O–H groups in total. The van der Waals surface area contributed by atoms with Crippen molar-refractivity contribution in [3.05, 3.63) is 89.7 Å². The molecule has 0 spiro atoms.